The third-order valence-electron chi connectivity index (χ3n) is 7.26. The number of benzene rings is 3. The third-order valence-corrected chi connectivity index (χ3v) is 7.26. The van der Waals surface area contributed by atoms with Crippen LogP contribution in [0.15, 0.2) is 60.8 Å². The minimum Gasteiger partial charge on any atom is -0.378 e. The number of anilines is 2. The maximum atomic E-state index is 15.2. The van der Waals surface area contributed by atoms with Crippen molar-refractivity contribution in [2.24, 2.45) is 0 Å². The van der Waals surface area contributed by atoms with Gasteiger partial charge in [0.1, 0.15) is 17.3 Å². The molecule has 0 spiro atoms. The first kappa shape index (κ1) is 23.8. The predicted octanol–water partition coefficient (Wildman–Crippen LogP) is 4.83. The molecule has 3 aromatic carbocycles. The highest BCUT2D eigenvalue weighted by atomic mass is 19.1. The predicted molar refractivity (Wildman–Crippen MR) is 143 cm³/mol. The van der Waals surface area contributed by atoms with Gasteiger partial charge >= 0.3 is 0 Å². The van der Waals surface area contributed by atoms with Gasteiger partial charge in [-0.3, -0.25) is 4.98 Å². The van der Waals surface area contributed by atoms with Crippen molar-refractivity contribution in [3.05, 3.63) is 72.4 Å². The maximum absolute atomic E-state index is 15.2. The van der Waals surface area contributed by atoms with Crippen LogP contribution in [0.1, 0.15) is 0 Å². The molecule has 2 saturated heterocycles. The van der Waals surface area contributed by atoms with Crippen LogP contribution in [0, 0.1) is 11.6 Å². The van der Waals surface area contributed by atoms with Crippen LogP contribution in [0.2, 0.25) is 0 Å². The highest BCUT2D eigenvalue weighted by Gasteiger charge is 2.21. The lowest BCUT2D eigenvalue weighted by Crippen LogP contribution is -2.44. The molecule has 37 heavy (non-hydrogen) atoms. The number of morpholine rings is 1. The number of ether oxygens (including phenoxy) is 1. The molecule has 8 heteroatoms. The van der Waals surface area contributed by atoms with Crippen molar-refractivity contribution in [3.8, 4) is 22.4 Å². The SMILES string of the molecule is CN1CCN(c2ccc(-c3cnc4cccc(-c5cc(F)c(N6CCOCC6)c(F)c5)c4n3)cc2)CC1. The zero-order chi connectivity index (χ0) is 25.4. The van der Waals surface area contributed by atoms with Gasteiger partial charge in [0.2, 0.25) is 0 Å². The normalized spacial score (nSPS) is 16.9. The Labute approximate surface area is 215 Å². The number of halogens is 2. The largest absolute Gasteiger partial charge is 0.378 e. The van der Waals surface area contributed by atoms with Gasteiger partial charge in [-0.05, 0) is 42.9 Å². The first-order chi connectivity index (χ1) is 18.1. The van der Waals surface area contributed by atoms with E-state index in [0.29, 0.717) is 48.5 Å². The van der Waals surface area contributed by atoms with Crippen molar-refractivity contribution in [2.75, 3.05) is 69.3 Å². The van der Waals surface area contributed by atoms with Crippen molar-refractivity contribution in [1.82, 2.24) is 14.9 Å². The molecule has 2 aliphatic rings. The molecule has 4 aromatic rings. The number of hydrogen-bond donors (Lipinski definition) is 0. The van der Waals surface area contributed by atoms with E-state index in [4.69, 9.17) is 9.72 Å². The highest BCUT2D eigenvalue weighted by molar-refractivity contribution is 5.92. The Morgan fingerprint density at radius 1 is 0.784 bits per heavy atom. The van der Waals surface area contributed by atoms with Crippen LogP contribution in [-0.4, -0.2) is 74.4 Å². The topological polar surface area (TPSA) is 44.7 Å². The second-order valence-electron chi connectivity index (χ2n) is 9.65. The number of para-hydroxylation sites is 1. The van der Waals surface area contributed by atoms with Gasteiger partial charge in [-0.25, -0.2) is 13.8 Å². The standard InChI is InChI=1S/C29H29F2N5O/c1-34-9-11-35(12-10-34)22-7-5-20(6-8-22)27-19-32-26-4-2-3-23(28(26)33-27)21-17-24(30)29(25(31)18-21)36-13-15-37-16-14-36/h2-8,17-19H,9-16H2,1H3. The first-order valence-electron chi connectivity index (χ1n) is 12.7. The summed E-state index contributed by atoms with van der Waals surface area (Å²) >= 11 is 0. The van der Waals surface area contributed by atoms with Crippen molar-refractivity contribution >= 4 is 22.4 Å². The van der Waals surface area contributed by atoms with E-state index < -0.39 is 11.6 Å². The van der Waals surface area contributed by atoms with Gasteiger partial charge in [-0.15, -0.1) is 0 Å². The molecule has 190 valence electrons. The molecule has 0 radical (unpaired) electrons. The van der Waals surface area contributed by atoms with Crippen LogP contribution in [0.5, 0.6) is 0 Å². The monoisotopic (exact) mass is 501 g/mol. The Morgan fingerprint density at radius 2 is 1.49 bits per heavy atom. The van der Waals surface area contributed by atoms with Crippen LogP contribution in [0.3, 0.4) is 0 Å². The van der Waals surface area contributed by atoms with Gasteiger partial charge < -0.3 is 19.4 Å². The summed E-state index contributed by atoms with van der Waals surface area (Å²) in [6.07, 6.45) is 1.75. The van der Waals surface area contributed by atoms with Crippen molar-refractivity contribution in [1.29, 1.82) is 0 Å². The van der Waals surface area contributed by atoms with E-state index in [1.807, 2.05) is 18.2 Å². The summed E-state index contributed by atoms with van der Waals surface area (Å²) in [6.45, 7) is 5.95. The molecule has 6 rings (SSSR count). The number of aromatic nitrogens is 2. The lowest BCUT2D eigenvalue weighted by Gasteiger charge is -2.34. The molecular weight excluding hydrogens is 472 g/mol. The van der Waals surface area contributed by atoms with Gasteiger partial charge in [0.05, 0.1) is 36.1 Å². The molecule has 0 saturated carbocycles. The molecule has 1 aromatic heterocycles. The molecule has 0 atom stereocenters. The minimum atomic E-state index is -0.586. The Hall–Kier alpha value is -3.62. The van der Waals surface area contributed by atoms with Crippen LogP contribution in [-0.2, 0) is 4.74 Å². The number of rotatable bonds is 4. The molecular formula is C29H29F2N5O. The number of likely N-dealkylation sites (N-methyl/N-ethyl adjacent to an activating group) is 1. The van der Waals surface area contributed by atoms with Crippen molar-refractivity contribution in [3.63, 3.8) is 0 Å². The molecule has 0 bridgehead atoms. The lowest BCUT2D eigenvalue weighted by atomic mass is 10.0. The zero-order valence-corrected chi connectivity index (χ0v) is 20.8. The Bertz CT molecular complexity index is 1390. The molecule has 0 aliphatic carbocycles. The molecule has 0 amide bonds. The fourth-order valence-corrected chi connectivity index (χ4v) is 5.12. The van der Waals surface area contributed by atoms with E-state index in [-0.39, 0.29) is 5.69 Å². The van der Waals surface area contributed by atoms with Gasteiger partial charge in [0.15, 0.2) is 0 Å². The zero-order valence-electron chi connectivity index (χ0n) is 20.8. The fourth-order valence-electron chi connectivity index (χ4n) is 5.12. The summed E-state index contributed by atoms with van der Waals surface area (Å²) in [5.74, 6) is -1.17. The van der Waals surface area contributed by atoms with E-state index in [1.54, 1.807) is 11.1 Å². The molecule has 2 aliphatic heterocycles. The summed E-state index contributed by atoms with van der Waals surface area (Å²) < 4.78 is 35.7. The number of piperazine rings is 1. The Morgan fingerprint density at radius 3 is 2.19 bits per heavy atom. The average Bonchev–Trinajstić information content (AvgIpc) is 2.93. The molecule has 6 nitrogen and oxygen atoms in total. The van der Waals surface area contributed by atoms with Gasteiger partial charge in [0.25, 0.3) is 0 Å². The molecule has 0 unspecified atom stereocenters. The third kappa shape index (κ3) is 4.74. The fraction of sp³-hybridized carbons (Fsp3) is 0.310. The summed E-state index contributed by atoms with van der Waals surface area (Å²) in [4.78, 5) is 15.9. The smallest absolute Gasteiger partial charge is 0.150 e. The van der Waals surface area contributed by atoms with Crippen LogP contribution < -0.4 is 9.80 Å². The summed E-state index contributed by atoms with van der Waals surface area (Å²) in [7, 11) is 2.15. The highest BCUT2D eigenvalue weighted by Crippen LogP contribution is 2.34. The summed E-state index contributed by atoms with van der Waals surface area (Å²) in [5, 5.41) is 0. The number of nitrogens with zero attached hydrogens (tertiary/aromatic N) is 5. The average molecular weight is 502 g/mol. The van der Waals surface area contributed by atoms with E-state index >= 15 is 8.78 Å². The van der Waals surface area contributed by atoms with Gasteiger partial charge in [-0.2, -0.15) is 0 Å². The molecule has 3 heterocycles. The first-order valence-corrected chi connectivity index (χ1v) is 12.7. The van der Waals surface area contributed by atoms with Crippen LogP contribution in [0.4, 0.5) is 20.2 Å². The summed E-state index contributed by atoms with van der Waals surface area (Å²) in [6, 6.07) is 16.7. The van der Waals surface area contributed by atoms with E-state index in [1.165, 1.54) is 17.8 Å². The van der Waals surface area contributed by atoms with Gasteiger partial charge in [0, 0.05) is 56.1 Å². The number of fused-ring (bicyclic) bond motifs is 1. The molecule has 0 N–H and O–H groups in total. The van der Waals surface area contributed by atoms with Crippen molar-refractivity contribution in [2.45, 2.75) is 0 Å². The van der Waals surface area contributed by atoms with Gasteiger partial charge in [-0.1, -0.05) is 24.3 Å². The second-order valence-corrected chi connectivity index (χ2v) is 9.65. The van der Waals surface area contributed by atoms with Crippen LogP contribution in [0.25, 0.3) is 33.4 Å². The van der Waals surface area contributed by atoms with Crippen LogP contribution >= 0.6 is 0 Å². The Kier molecular flexibility index (Phi) is 6.44. The quantitative estimate of drug-likeness (QED) is 0.399. The van der Waals surface area contributed by atoms with E-state index in [0.717, 1.165) is 37.4 Å². The Balaban J connectivity index is 1.33. The number of hydrogen-bond acceptors (Lipinski definition) is 6. The summed E-state index contributed by atoms with van der Waals surface area (Å²) in [5.41, 5.74) is 5.23. The maximum Gasteiger partial charge on any atom is 0.150 e. The lowest BCUT2D eigenvalue weighted by molar-refractivity contribution is 0.122. The molecule has 2 fully saturated rings. The minimum absolute atomic E-state index is 0.000463. The second kappa shape index (κ2) is 10.0. The van der Waals surface area contributed by atoms with Crippen molar-refractivity contribution < 1.29 is 13.5 Å². The van der Waals surface area contributed by atoms with E-state index in [9.17, 15) is 0 Å². The van der Waals surface area contributed by atoms with E-state index in [2.05, 4.69) is 46.1 Å².